The van der Waals surface area contributed by atoms with Gasteiger partial charge in [0, 0.05) is 30.9 Å². The second-order valence-electron chi connectivity index (χ2n) is 7.57. The molecule has 2 aromatic rings. The number of aromatic nitrogens is 1. The molecule has 148 valence electrons. The van der Waals surface area contributed by atoms with Crippen LogP contribution < -0.4 is 5.32 Å². The van der Waals surface area contributed by atoms with Crippen molar-refractivity contribution >= 4 is 23.0 Å². The Morgan fingerprint density at radius 3 is 2.71 bits per heavy atom. The Morgan fingerprint density at radius 2 is 2.04 bits per heavy atom. The molecule has 0 bridgehead atoms. The highest BCUT2D eigenvalue weighted by Crippen LogP contribution is 2.39. The summed E-state index contributed by atoms with van der Waals surface area (Å²) in [6.07, 6.45) is 9.34. The smallest absolute Gasteiger partial charge is 0.252 e. The normalized spacial score (nSPS) is 21.8. The lowest BCUT2D eigenvalue weighted by molar-refractivity contribution is -0.118. The molecule has 0 spiro atoms. The molecule has 1 aromatic heterocycles. The third-order valence-electron chi connectivity index (χ3n) is 5.86. The maximum atomic E-state index is 13.7. The Kier molecular flexibility index (Phi) is 6.55. The van der Waals surface area contributed by atoms with Crippen LogP contribution in [0.3, 0.4) is 0 Å². The van der Waals surface area contributed by atoms with Crippen molar-refractivity contribution in [3.05, 3.63) is 53.5 Å². The SMILES string of the molecule is C/C=C(\C=NC)C(=O)NC(C)C1CCC(c2ccnc3ccc(F)cc23)CC1. The van der Waals surface area contributed by atoms with Crippen LogP contribution in [0.15, 0.2) is 47.1 Å². The van der Waals surface area contributed by atoms with Crippen molar-refractivity contribution in [1.82, 2.24) is 10.3 Å². The Labute approximate surface area is 166 Å². The predicted octanol–water partition coefficient (Wildman–Crippen LogP) is 4.80. The van der Waals surface area contributed by atoms with Gasteiger partial charge in [-0.15, -0.1) is 0 Å². The highest BCUT2D eigenvalue weighted by atomic mass is 19.1. The highest BCUT2D eigenvalue weighted by molar-refractivity contribution is 6.12. The molecule has 1 unspecified atom stereocenters. The lowest BCUT2D eigenvalue weighted by Crippen LogP contribution is -2.40. The number of nitrogens with zero attached hydrogens (tertiary/aromatic N) is 2. The van der Waals surface area contributed by atoms with E-state index in [0.29, 0.717) is 17.4 Å². The van der Waals surface area contributed by atoms with Gasteiger partial charge in [-0.05, 0) is 81.2 Å². The predicted molar refractivity (Wildman–Crippen MR) is 112 cm³/mol. The van der Waals surface area contributed by atoms with Crippen LogP contribution in [0.1, 0.15) is 51.0 Å². The van der Waals surface area contributed by atoms with E-state index < -0.39 is 0 Å². The van der Waals surface area contributed by atoms with Gasteiger partial charge in [0.05, 0.1) is 11.1 Å². The van der Waals surface area contributed by atoms with Crippen molar-refractivity contribution in [2.75, 3.05) is 7.05 Å². The van der Waals surface area contributed by atoms with Crippen molar-refractivity contribution in [2.24, 2.45) is 10.9 Å². The van der Waals surface area contributed by atoms with Crippen molar-refractivity contribution in [2.45, 2.75) is 51.5 Å². The van der Waals surface area contributed by atoms with Crippen LogP contribution in [0.25, 0.3) is 10.9 Å². The van der Waals surface area contributed by atoms with Gasteiger partial charge < -0.3 is 5.32 Å². The molecule has 1 aliphatic rings. The number of aliphatic imine (C=N–C) groups is 1. The molecule has 0 radical (unpaired) electrons. The summed E-state index contributed by atoms with van der Waals surface area (Å²) in [4.78, 5) is 20.7. The molecule has 3 rings (SSSR count). The molecule has 1 saturated carbocycles. The lowest BCUT2D eigenvalue weighted by Gasteiger charge is -2.33. The molecule has 1 aliphatic carbocycles. The molecule has 1 amide bonds. The number of hydrogen-bond donors (Lipinski definition) is 1. The molecule has 1 aromatic carbocycles. The van der Waals surface area contributed by atoms with Crippen LogP contribution in [0.5, 0.6) is 0 Å². The van der Waals surface area contributed by atoms with E-state index in [4.69, 9.17) is 0 Å². The summed E-state index contributed by atoms with van der Waals surface area (Å²) in [7, 11) is 1.66. The number of amides is 1. The fraction of sp³-hybridized carbons (Fsp3) is 0.435. The van der Waals surface area contributed by atoms with Gasteiger partial charge in [0.15, 0.2) is 0 Å². The summed E-state index contributed by atoms with van der Waals surface area (Å²) in [5.41, 5.74) is 2.63. The van der Waals surface area contributed by atoms with Gasteiger partial charge in [0.1, 0.15) is 5.82 Å². The molecule has 4 nitrogen and oxygen atoms in total. The van der Waals surface area contributed by atoms with E-state index in [1.165, 1.54) is 11.6 Å². The number of pyridine rings is 1. The first kappa shape index (κ1) is 20.2. The lowest BCUT2D eigenvalue weighted by atomic mass is 9.75. The fourth-order valence-corrected chi connectivity index (χ4v) is 4.24. The molecule has 1 heterocycles. The maximum Gasteiger partial charge on any atom is 0.252 e. The van der Waals surface area contributed by atoms with E-state index >= 15 is 0 Å². The van der Waals surface area contributed by atoms with E-state index in [1.54, 1.807) is 31.5 Å². The summed E-state index contributed by atoms with van der Waals surface area (Å²) in [6, 6.07) is 6.94. The Morgan fingerprint density at radius 1 is 1.29 bits per heavy atom. The molecule has 1 fully saturated rings. The first-order chi connectivity index (χ1) is 13.5. The van der Waals surface area contributed by atoms with E-state index in [-0.39, 0.29) is 17.8 Å². The standard InChI is InChI=1S/C23H28FN3O/c1-4-16(14-25-3)23(28)27-15(2)17-5-7-18(8-6-17)20-11-12-26-22-10-9-19(24)13-21(20)22/h4,9-15,17-18H,5-8H2,1-3H3,(H,27,28)/b16-4+,25-14?. The summed E-state index contributed by atoms with van der Waals surface area (Å²) < 4.78 is 13.7. The van der Waals surface area contributed by atoms with Gasteiger partial charge >= 0.3 is 0 Å². The zero-order valence-electron chi connectivity index (χ0n) is 16.8. The Hall–Kier alpha value is -2.56. The third kappa shape index (κ3) is 4.46. The molecule has 1 N–H and O–H groups in total. The second kappa shape index (κ2) is 9.09. The zero-order valence-corrected chi connectivity index (χ0v) is 16.8. The van der Waals surface area contributed by atoms with Gasteiger partial charge in [0.25, 0.3) is 5.91 Å². The average molecular weight is 381 g/mol. The number of hydrogen-bond acceptors (Lipinski definition) is 3. The number of fused-ring (bicyclic) bond motifs is 1. The monoisotopic (exact) mass is 381 g/mol. The number of carbonyl (C=O) groups is 1. The largest absolute Gasteiger partial charge is 0.349 e. The van der Waals surface area contributed by atoms with Crippen LogP contribution in [0, 0.1) is 11.7 Å². The van der Waals surface area contributed by atoms with Crippen LogP contribution in [-0.4, -0.2) is 30.2 Å². The molecule has 0 saturated heterocycles. The van der Waals surface area contributed by atoms with E-state index in [0.717, 1.165) is 36.6 Å². The van der Waals surface area contributed by atoms with Crippen molar-refractivity contribution in [1.29, 1.82) is 0 Å². The Balaban J connectivity index is 1.65. The zero-order chi connectivity index (χ0) is 20.1. The number of rotatable bonds is 5. The summed E-state index contributed by atoms with van der Waals surface area (Å²) in [6.45, 7) is 3.92. The van der Waals surface area contributed by atoms with E-state index in [2.05, 4.69) is 22.2 Å². The molecular weight excluding hydrogens is 353 g/mol. The third-order valence-corrected chi connectivity index (χ3v) is 5.86. The maximum absolute atomic E-state index is 13.7. The number of halogens is 1. The van der Waals surface area contributed by atoms with Crippen LogP contribution >= 0.6 is 0 Å². The number of benzene rings is 1. The number of nitrogens with one attached hydrogen (secondary N) is 1. The van der Waals surface area contributed by atoms with Gasteiger partial charge in [-0.2, -0.15) is 0 Å². The van der Waals surface area contributed by atoms with Gasteiger partial charge in [-0.3, -0.25) is 14.8 Å². The van der Waals surface area contributed by atoms with Crippen LogP contribution in [0.2, 0.25) is 0 Å². The molecule has 0 aliphatic heterocycles. The van der Waals surface area contributed by atoms with Crippen molar-refractivity contribution in [3.8, 4) is 0 Å². The first-order valence-electron chi connectivity index (χ1n) is 9.97. The Bertz CT molecular complexity index is 898. The van der Waals surface area contributed by atoms with E-state index in [1.807, 2.05) is 19.2 Å². The van der Waals surface area contributed by atoms with Gasteiger partial charge in [0.2, 0.25) is 0 Å². The molecule has 28 heavy (non-hydrogen) atoms. The summed E-state index contributed by atoms with van der Waals surface area (Å²) in [5, 5.41) is 4.04. The van der Waals surface area contributed by atoms with Gasteiger partial charge in [-0.25, -0.2) is 4.39 Å². The van der Waals surface area contributed by atoms with Crippen molar-refractivity contribution < 1.29 is 9.18 Å². The quantitative estimate of drug-likeness (QED) is 0.597. The molecule has 5 heteroatoms. The van der Waals surface area contributed by atoms with Crippen molar-refractivity contribution in [3.63, 3.8) is 0 Å². The minimum Gasteiger partial charge on any atom is -0.349 e. The van der Waals surface area contributed by atoms with Crippen LogP contribution in [-0.2, 0) is 4.79 Å². The van der Waals surface area contributed by atoms with Gasteiger partial charge in [-0.1, -0.05) is 6.08 Å². The van der Waals surface area contributed by atoms with Crippen LogP contribution in [0.4, 0.5) is 4.39 Å². The number of carbonyl (C=O) groups excluding carboxylic acids is 1. The first-order valence-corrected chi connectivity index (χ1v) is 9.97. The minimum atomic E-state index is -0.220. The fourth-order valence-electron chi connectivity index (χ4n) is 4.24. The second-order valence-corrected chi connectivity index (χ2v) is 7.57. The minimum absolute atomic E-state index is 0.0710. The number of allylic oxidation sites excluding steroid dienone is 1. The summed E-state index contributed by atoms with van der Waals surface area (Å²) in [5.74, 6) is 0.562. The topological polar surface area (TPSA) is 54.4 Å². The van der Waals surface area contributed by atoms with E-state index in [9.17, 15) is 9.18 Å². The average Bonchev–Trinajstić information content (AvgIpc) is 2.71. The molecular formula is C23H28FN3O. The highest BCUT2D eigenvalue weighted by Gasteiger charge is 2.28. The summed E-state index contributed by atoms with van der Waals surface area (Å²) >= 11 is 0. The molecule has 1 atom stereocenters.